The molecule has 0 aliphatic carbocycles. The van der Waals surface area contributed by atoms with Gasteiger partial charge in [-0.25, -0.2) is 0 Å². The van der Waals surface area contributed by atoms with Crippen molar-refractivity contribution in [1.29, 1.82) is 0 Å². The summed E-state index contributed by atoms with van der Waals surface area (Å²) in [4.78, 5) is 0. The molecule has 0 aliphatic heterocycles. The van der Waals surface area contributed by atoms with Crippen LogP contribution in [0.25, 0.3) is 0 Å². The molecule has 0 atom stereocenters. The summed E-state index contributed by atoms with van der Waals surface area (Å²) in [6, 6.07) is 5.48. The second kappa shape index (κ2) is 4.96. The summed E-state index contributed by atoms with van der Waals surface area (Å²) in [6.45, 7) is 3.02. The predicted octanol–water partition coefficient (Wildman–Crippen LogP) is 1.36. The lowest BCUT2D eigenvalue weighted by Crippen LogP contribution is -2.11. The standard InChI is InChI=1S/C11H14N2O3/c1-8-4-11(16-13-8)6-12-5-9-2-3-10(7-14)15-9/h2-4,12,14H,5-7H2,1H3. The van der Waals surface area contributed by atoms with E-state index in [1.807, 2.05) is 19.1 Å². The van der Waals surface area contributed by atoms with E-state index in [-0.39, 0.29) is 6.61 Å². The Kier molecular flexibility index (Phi) is 3.38. The van der Waals surface area contributed by atoms with Crippen molar-refractivity contribution in [2.24, 2.45) is 0 Å². The molecule has 2 heterocycles. The van der Waals surface area contributed by atoms with Gasteiger partial charge in [-0.2, -0.15) is 0 Å². The average Bonchev–Trinajstić information content (AvgIpc) is 2.88. The summed E-state index contributed by atoms with van der Waals surface area (Å²) < 4.78 is 10.4. The highest BCUT2D eigenvalue weighted by atomic mass is 16.5. The van der Waals surface area contributed by atoms with E-state index in [4.69, 9.17) is 14.0 Å². The fraction of sp³-hybridized carbons (Fsp3) is 0.364. The van der Waals surface area contributed by atoms with E-state index in [2.05, 4.69) is 10.5 Å². The number of aryl methyl sites for hydroxylation is 1. The first-order valence-electron chi connectivity index (χ1n) is 5.09. The maximum atomic E-state index is 8.82. The minimum absolute atomic E-state index is 0.0682. The number of nitrogens with zero attached hydrogens (tertiary/aromatic N) is 1. The van der Waals surface area contributed by atoms with Crippen LogP contribution < -0.4 is 5.32 Å². The molecule has 0 fully saturated rings. The Labute approximate surface area is 93.1 Å². The zero-order chi connectivity index (χ0) is 11.4. The summed E-state index contributed by atoms with van der Waals surface area (Å²) in [5.41, 5.74) is 0.873. The molecule has 2 rings (SSSR count). The second-order valence-electron chi connectivity index (χ2n) is 3.56. The maximum absolute atomic E-state index is 8.82. The van der Waals surface area contributed by atoms with Crippen molar-refractivity contribution in [3.63, 3.8) is 0 Å². The summed E-state index contributed by atoms with van der Waals surface area (Å²) in [5.74, 6) is 2.17. The largest absolute Gasteiger partial charge is 0.462 e. The molecule has 86 valence electrons. The highest BCUT2D eigenvalue weighted by molar-refractivity contribution is 5.07. The monoisotopic (exact) mass is 222 g/mol. The fourth-order valence-corrected chi connectivity index (χ4v) is 1.41. The lowest BCUT2D eigenvalue weighted by Gasteiger charge is -1.98. The first kappa shape index (κ1) is 10.9. The Morgan fingerprint density at radius 2 is 2.00 bits per heavy atom. The number of rotatable bonds is 5. The van der Waals surface area contributed by atoms with Crippen LogP contribution in [0.1, 0.15) is 23.0 Å². The smallest absolute Gasteiger partial charge is 0.150 e. The first-order valence-corrected chi connectivity index (χ1v) is 5.09. The summed E-state index contributed by atoms with van der Waals surface area (Å²) >= 11 is 0. The molecule has 2 aromatic heterocycles. The Morgan fingerprint density at radius 1 is 1.25 bits per heavy atom. The fourth-order valence-electron chi connectivity index (χ4n) is 1.41. The van der Waals surface area contributed by atoms with Gasteiger partial charge >= 0.3 is 0 Å². The molecule has 2 N–H and O–H groups in total. The third-order valence-corrected chi connectivity index (χ3v) is 2.15. The van der Waals surface area contributed by atoms with E-state index in [1.54, 1.807) is 6.07 Å². The van der Waals surface area contributed by atoms with E-state index in [0.29, 0.717) is 18.8 Å². The van der Waals surface area contributed by atoms with Crippen LogP contribution in [0.4, 0.5) is 0 Å². The molecule has 5 nitrogen and oxygen atoms in total. The quantitative estimate of drug-likeness (QED) is 0.799. The van der Waals surface area contributed by atoms with Crippen molar-refractivity contribution < 1.29 is 14.0 Å². The van der Waals surface area contributed by atoms with E-state index in [0.717, 1.165) is 17.2 Å². The minimum atomic E-state index is -0.0682. The zero-order valence-electron chi connectivity index (χ0n) is 9.06. The van der Waals surface area contributed by atoms with Crippen LogP contribution in [0.2, 0.25) is 0 Å². The maximum Gasteiger partial charge on any atom is 0.150 e. The van der Waals surface area contributed by atoms with Gasteiger partial charge in [-0.05, 0) is 19.1 Å². The van der Waals surface area contributed by atoms with Gasteiger partial charge in [0.25, 0.3) is 0 Å². The number of aliphatic hydroxyl groups is 1. The van der Waals surface area contributed by atoms with Crippen LogP contribution in [-0.2, 0) is 19.7 Å². The van der Waals surface area contributed by atoms with Crippen molar-refractivity contribution in [3.05, 3.63) is 41.2 Å². The van der Waals surface area contributed by atoms with E-state index >= 15 is 0 Å². The SMILES string of the molecule is Cc1cc(CNCc2ccc(CO)o2)on1. The van der Waals surface area contributed by atoms with Gasteiger partial charge in [0.05, 0.1) is 18.8 Å². The Hall–Kier alpha value is -1.59. The molecule has 0 saturated carbocycles. The Bertz CT molecular complexity index is 448. The predicted molar refractivity (Wildman–Crippen MR) is 56.4 cm³/mol. The molecule has 0 amide bonds. The van der Waals surface area contributed by atoms with Gasteiger partial charge < -0.3 is 19.4 Å². The molecule has 16 heavy (non-hydrogen) atoms. The van der Waals surface area contributed by atoms with Gasteiger partial charge in [0, 0.05) is 6.07 Å². The van der Waals surface area contributed by atoms with Crippen LogP contribution in [0.5, 0.6) is 0 Å². The van der Waals surface area contributed by atoms with Crippen LogP contribution in [0.3, 0.4) is 0 Å². The zero-order valence-corrected chi connectivity index (χ0v) is 9.06. The van der Waals surface area contributed by atoms with E-state index < -0.39 is 0 Å². The number of hydrogen-bond donors (Lipinski definition) is 2. The van der Waals surface area contributed by atoms with Gasteiger partial charge in [-0.15, -0.1) is 0 Å². The lowest BCUT2D eigenvalue weighted by molar-refractivity contribution is 0.242. The number of aromatic nitrogens is 1. The first-order chi connectivity index (χ1) is 7.78. The molecular weight excluding hydrogens is 208 g/mol. The number of furan rings is 1. The third-order valence-electron chi connectivity index (χ3n) is 2.15. The molecule has 0 unspecified atom stereocenters. The second-order valence-corrected chi connectivity index (χ2v) is 3.56. The van der Waals surface area contributed by atoms with Crippen LogP contribution in [0.15, 0.2) is 27.1 Å². The molecule has 0 bridgehead atoms. The Morgan fingerprint density at radius 3 is 2.62 bits per heavy atom. The van der Waals surface area contributed by atoms with Crippen molar-refractivity contribution in [1.82, 2.24) is 10.5 Å². The van der Waals surface area contributed by atoms with Gasteiger partial charge in [0.2, 0.25) is 0 Å². The number of aliphatic hydroxyl groups excluding tert-OH is 1. The topological polar surface area (TPSA) is 71.4 Å². The summed E-state index contributed by atoms with van der Waals surface area (Å²) in [7, 11) is 0. The van der Waals surface area contributed by atoms with Gasteiger partial charge in [-0.3, -0.25) is 0 Å². The molecule has 2 aromatic rings. The molecule has 5 heteroatoms. The Balaban J connectivity index is 1.79. The van der Waals surface area contributed by atoms with Crippen molar-refractivity contribution in [3.8, 4) is 0 Å². The van der Waals surface area contributed by atoms with Gasteiger partial charge in [0.15, 0.2) is 5.76 Å². The molecule has 0 aliphatic rings. The number of nitrogens with one attached hydrogen (secondary N) is 1. The van der Waals surface area contributed by atoms with Crippen molar-refractivity contribution >= 4 is 0 Å². The van der Waals surface area contributed by atoms with Gasteiger partial charge in [0.1, 0.15) is 18.1 Å². The third kappa shape index (κ3) is 2.71. The summed E-state index contributed by atoms with van der Waals surface area (Å²) in [6.07, 6.45) is 0. The highest BCUT2D eigenvalue weighted by Gasteiger charge is 2.02. The van der Waals surface area contributed by atoms with Crippen LogP contribution in [0, 0.1) is 6.92 Å². The number of hydrogen-bond acceptors (Lipinski definition) is 5. The molecule has 0 spiro atoms. The molecule has 0 radical (unpaired) electrons. The molecule has 0 aromatic carbocycles. The van der Waals surface area contributed by atoms with Crippen molar-refractivity contribution in [2.75, 3.05) is 0 Å². The molecular formula is C11H14N2O3. The van der Waals surface area contributed by atoms with Crippen LogP contribution in [-0.4, -0.2) is 10.3 Å². The average molecular weight is 222 g/mol. The normalized spacial score (nSPS) is 10.9. The minimum Gasteiger partial charge on any atom is -0.462 e. The van der Waals surface area contributed by atoms with E-state index in [1.165, 1.54) is 0 Å². The highest BCUT2D eigenvalue weighted by Crippen LogP contribution is 2.08. The van der Waals surface area contributed by atoms with Crippen molar-refractivity contribution in [2.45, 2.75) is 26.6 Å². The molecule has 0 saturated heterocycles. The summed E-state index contributed by atoms with van der Waals surface area (Å²) in [5, 5.41) is 15.8. The van der Waals surface area contributed by atoms with Crippen LogP contribution >= 0.6 is 0 Å². The van der Waals surface area contributed by atoms with Gasteiger partial charge in [-0.1, -0.05) is 5.16 Å². The van der Waals surface area contributed by atoms with E-state index in [9.17, 15) is 0 Å². The lowest BCUT2D eigenvalue weighted by atomic mass is 10.3.